The maximum atomic E-state index is 12.7. The summed E-state index contributed by atoms with van der Waals surface area (Å²) in [6.07, 6.45) is 1.73. The first-order valence-corrected chi connectivity index (χ1v) is 4.49. The van der Waals surface area contributed by atoms with Crippen molar-refractivity contribution in [1.29, 1.82) is 0 Å². The molecule has 1 nitrogen and oxygen atoms in total. The summed E-state index contributed by atoms with van der Waals surface area (Å²) in [5.41, 5.74) is 2.18. The maximum Gasteiger partial charge on any atom is 0.141 e. The molecular formula is C9H8Cl2FN. The van der Waals surface area contributed by atoms with Crippen LogP contribution in [0.3, 0.4) is 0 Å². The molecule has 0 fully saturated rings. The minimum atomic E-state index is -0.417. The zero-order chi connectivity index (χ0) is 9.68. The maximum absolute atomic E-state index is 12.7. The van der Waals surface area contributed by atoms with Crippen molar-refractivity contribution < 1.29 is 4.39 Å². The van der Waals surface area contributed by atoms with Gasteiger partial charge in [-0.1, -0.05) is 29.3 Å². The summed E-state index contributed by atoms with van der Waals surface area (Å²) < 4.78 is 12.7. The van der Waals surface area contributed by atoms with Crippen molar-refractivity contribution >= 4 is 28.9 Å². The number of halogens is 3. The molecular weight excluding hydrogens is 212 g/mol. The molecule has 0 aliphatic rings. The van der Waals surface area contributed by atoms with E-state index in [4.69, 9.17) is 23.2 Å². The van der Waals surface area contributed by atoms with E-state index in [9.17, 15) is 4.39 Å². The van der Waals surface area contributed by atoms with Crippen molar-refractivity contribution in [2.24, 2.45) is 0 Å². The van der Waals surface area contributed by atoms with Gasteiger partial charge in [-0.25, -0.2) is 4.39 Å². The Hall–Kier alpha value is -0.730. The summed E-state index contributed by atoms with van der Waals surface area (Å²) in [5, 5.41) is 3.10. The first kappa shape index (κ1) is 10.4. The van der Waals surface area contributed by atoms with Crippen LogP contribution in [0.25, 0.3) is 0 Å². The van der Waals surface area contributed by atoms with Crippen molar-refractivity contribution in [3.8, 4) is 0 Å². The van der Waals surface area contributed by atoms with Gasteiger partial charge < -0.3 is 5.32 Å². The van der Waals surface area contributed by atoms with Crippen LogP contribution in [0, 0.1) is 5.82 Å². The van der Waals surface area contributed by atoms with Crippen LogP contribution >= 0.6 is 23.2 Å². The van der Waals surface area contributed by atoms with Gasteiger partial charge in [0.05, 0.1) is 5.02 Å². The predicted molar refractivity (Wildman–Crippen MR) is 54.9 cm³/mol. The third kappa shape index (κ3) is 3.25. The molecule has 1 rings (SSSR count). The Labute approximate surface area is 86.2 Å². The summed E-state index contributed by atoms with van der Waals surface area (Å²) in [4.78, 5) is 0. The number of rotatable bonds is 3. The Morgan fingerprint density at radius 1 is 1.46 bits per heavy atom. The van der Waals surface area contributed by atoms with Crippen LogP contribution in [0.15, 0.2) is 29.8 Å². The summed E-state index contributed by atoms with van der Waals surface area (Å²) in [7, 11) is 0. The van der Waals surface area contributed by atoms with Crippen LogP contribution in [0.5, 0.6) is 0 Å². The molecule has 0 saturated heterocycles. The molecule has 1 aromatic rings. The van der Waals surface area contributed by atoms with Gasteiger partial charge in [-0.3, -0.25) is 0 Å². The largest absolute Gasteiger partial charge is 0.381 e. The Balaban J connectivity index is 2.63. The second kappa shape index (κ2) is 5.10. The van der Waals surface area contributed by atoms with Crippen LogP contribution < -0.4 is 5.32 Å². The van der Waals surface area contributed by atoms with Crippen molar-refractivity contribution in [3.63, 3.8) is 0 Å². The molecule has 0 atom stereocenters. The van der Waals surface area contributed by atoms with Gasteiger partial charge in [-0.05, 0) is 18.2 Å². The van der Waals surface area contributed by atoms with Gasteiger partial charge in [0.25, 0.3) is 0 Å². The fourth-order valence-corrected chi connectivity index (χ4v) is 1.10. The van der Waals surface area contributed by atoms with Gasteiger partial charge in [0.1, 0.15) is 5.82 Å². The molecule has 1 aromatic carbocycles. The van der Waals surface area contributed by atoms with Crippen LogP contribution in [-0.4, -0.2) is 6.54 Å². The summed E-state index contributed by atoms with van der Waals surface area (Å²) >= 11 is 10.9. The SMILES string of the molecule is Fc1ccc(NC/C=C/Cl)cc1Cl. The van der Waals surface area contributed by atoms with Gasteiger partial charge in [-0.2, -0.15) is 0 Å². The smallest absolute Gasteiger partial charge is 0.141 e. The second-order valence-electron chi connectivity index (χ2n) is 2.37. The van der Waals surface area contributed by atoms with Gasteiger partial charge in [0, 0.05) is 17.8 Å². The van der Waals surface area contributed by atoms with E-state index in [0.717, 1.165) is 5.69 Å². The van der Waals surface area contributed by atoms with E-state index >= 15 is 0 Å². The van der Waals surface area contributed by atoms with Gasteiger partial charge in [-0.15, -0.1) is 0 Å². The monoisotopic (exact) mass is 219 g/mol. The zero-order valence-corrected chi connectivity index (χ0v) is 8.24. The quantitative estimate of drug-likeness (QED) is 0.819. The fourth-order valence-electron chi connectivity index (χ4n) is 0.827. The van der Waals surface area contributed by atoms with E-state index in [1.807, 2.05) is 0 Å². The first-order valence-electron chi connectivity index (χ1n) is 3.68. The molecule has 0 bridgehead atoms. The molecule has 0 aromatic heterocycles. The van der Waals surface area contributed by atoms with Crippen LogP contribution in [0.4, 0.5) is 10.1 Å². The number of benzene rings is 1. The minimum absolute atomic E-state index is 0.111. The molecule has 13 heavy (non-hydrogen) atoms. The number of nitrogens with one attached hydrogen (secondary N) is 1. The lowest BCUT2D eigenvalue weighted by Crippen LogP contribution is -1.97. The van der Waals surface area contributed by atoms with Gasteiger partial charge in [0.2, 0.25) is 0 Å². The van der Waals surface area contributed by atoms with E-state index in [0.29, 0.717) is 6.54 Å². The highest BCUT2D eigenvalue weighted by molar-refractivity contribution is 6.31. The van der Waals surface area contributed by atoms with Crippen molar-refractivity contribution in [1.82, 2.24) is 0 Å². The molecule has 0 aliphatic carbocycles. The van der Waals surface area contributed by atoms with Crippen molar-refractivity contribution in [2.45, 2.75) is 0 Å². The number of hydrogen-bond acceptors (Lipinski definition) is 1. The lowest BCUT2D eigenvalue weighted by atomic mass is 10.3. The molecule has 0 radical (unpaired) electrons. The van der Waals surface area contributed by atoms with E-state index in [-0.39, 0.29) is 5.02 Å². The normalized spacial score (nSPS) is 10.7. The molecule has 1 N–H and O–H groups in total. The Morgan fingerprint density at radius 2 is 2.23 bits per heavy atom. The third-order valence-corrected chi connectivity index (χ3v) is 1.90. The van der Waals surface area contributed by atoms with Crippen molar-refractivity contribution in [2.75, 3.05) is 11.9 Å². The molecule has 0 amide bonds. The lowest BCUT2D eigenvalue weighted by molar-refractivity contribution is 0.628. The molecule has 0 spiro atoms. The number of anilines is 1. The molecule has 4 heteroatoms. The second-order valence-corrected chi connectivity index (χ2v) is 3.03. The van der Waals surface area contributed by atoms with Crippen LogP contribution in [0.2, 0.25) is 5.02 Å². The van der Waals surface area contributed by atoms with E-state index in [1.54, 1.807) is 12.1 Å². The highest BCUT2D eigenvalue weighted by Crippen LogP contribution is 2.18. The topological polar surface area (TPSA) is 12.0 Å². The summed E-state index contributed by atoms with van der Waals surface area (Å²) in [6, 6.07) is 4.46. The lowest BCUT2D eigenvalue weighted by Gasteiger charge is -2.03. The molecule has 0 aliphatic heterocycles. The molecule has 0 unspecified atom stereocenters. The highest BCUT2D eigenvalue weighted by Gasteiger charge is 1.98. The average Bonchev–Trinajstić information content (AvgIpc) is 2.12. The van der Waals surface area contributed by atoms with Crippen LogP contribution in [0.1, 0.15) is 0 Å². The number of hydrogen-bond donors (Lipinski definition) is 1. The molecule has 0 heterocycles. The van der Waals surface area contributed by atoms with E-state index in [1.165, 1.54) is 17.7 Å². The average molecular weight is 220 g/mol. The summed E-state index contributed by atoms with van der Waals surface area (Å²) in [6.45, 7) is 0.589. The van der Waals surface area contributed by atoms with Crippen molar-refractivity contribution in [3.05, 3.63) is 40.7 Å². The highest BCUT2D eigenvalue weighted by atomic mass is 35.5. The molecule has 0 saturated carbocycles. The minimum Gasteiger partial charge on any atom is -0.381 e. The van der Waals surface area contributed by atoms with Crippen LogP contribution in [-0.2, 0) is 0 Å². The van der Waals surface area contributed by atoms with E-state index < -0.39 is 5.82 Å². The Kier molecular flexibility index (Phi) is 4.06. The van der Waals surface area contributed by atoms with E-state index in [2.05, 4.69) is 5.32 Å². The fraction of sp³-hybridized carbons (Fsp3) is 0.111. The molecule has 70 valence electrons. The zero-order valence-electron chi connectivity index (χ0n) is 6.73. The van der Waals surface area contributed by atoms with Gasteiger partial charge >= 0.3 is 0 Å². The standard InChI is InChI=1S/C9H8Cl2FN/c10-4-1-5-13-7-2-3-9(12)8(11)6-7/h1-4,6,13H,5H2/b4-1+. The summed E-state index contributed by atoms with van der Waals surface area (Å²) in [5.74, 6) is -0.417. The van der Waals surface area contributed by atoms with Gasteiger partial charge in [0.15, 0.2) is 0 Å². The first-order chi connectivity index (χ1) is 6.24. The third-order valence-electron chi connectivity index (χ3n) is 1.43. The Morgan fingerprint density at radius 3 is 2.85 bits per heavy atom. The predicted octanol–water partition coefficient (Wildman–Crippen LogP) is 3.64. The Bertz CT molecular complexity index is 312.